The van der Waals surface area contributed by atoms with Crippen LogP contribution >= 0.6 is 0 Å². The van der Waals surface area contributed by atoms with E-state index >= 15 is 0 Å². The van der Waals surface area contributed by atoms with Gasteiger partial charge in [0.1, 0.15) is 11.4 Å². The van der Waals surface area contributed by atoms with E-state index < -0.39 is 23.7 Å². The highest BCUT2D eigenvalue weighted by molar-refractivity contribution is 5.82. The Morgan fingerprint density at radius 2 is 1.78 bits per heavy atom. The molecular formula is C17H25NO5. The van der Waals surface area contributed by atoms with Crippen LogP contribution in [0.25, 0.3) is 0 Å². The number of amides is 1. The van der Waals surface area contributed by atoms with E-state index in [0.29, 0.717) is 17.9 Å². The van der Waals surface area contributed by atoms with Crippen LogP contribution in [0.1, 0.15) is 45.7 Å². The van der Waals surface area contributed by atoms with Crippen molar-refractivity contribution < 1.29 is 23.8 Å². The number of hydrogen-bond acceptors (Lipinski definition) is 5. The average Bonchev–Trinajstić information content (AvgIpc) is 2.48. The van der Waals surface area contributed by atoms with Gasteiger partial charge in [-0.3, -0.25) is 0 Å². The Balaban J connectivity index is 2.85. The quantitative estimate of drug-likeness (QED) is 0.814. The predicted octanol–water partition coefficient (Wildman–Crippen LogP) is 3.21. The van der Waals surface area contributed by atoms with Gasteiger partial charge in [0.15, 0.2) is 6.04 Å². The summed E-state index contributed by atoms with van der Waals surface area (Å²) in [6.07, 6.45) is 0.228. The number of alkyl carbamates (subject to hydrolysis) is 1. The van der Waals surface area contributed by atoms with E-state index in [1.807, 2.05) is 6.92 Å². The molecule has 1 N–H and O–H groups in total. The third-order valence-electron chi connectivity index (χ3n) is 2.78. The molecule has 0 bridgehead atoms. The van der Waals surface area contributed by atoms with Crippen molar-refractivity contribution in [3.05, 3.63) is 29.8 Å². The van der Waals surface area contributed by atoms with Gasteiger partial charge in [-0.15, -0.1) is 0 Å². The molecule has 128 valence electrons. The number of benzene rings is 1. The Morgan fingerprint density at radius 3 is 2.26 bits per heavy atom. The lowest BCUT2D eigenvalue weighted by atomic mass is 10.1. The van der Waals surface area contributed by atoms with E-state index in [1.54, 1.807) is 45.0 Å². The van der Waals surface area contributed by atoms with Crippen molar-refractivity contribution in [2.75, 3.05) is 13.7 Å². The van der Waals surface area contributed by atoms with Crippen LogP contribution in [0.15, 0.2) is 24.3 Å². The van der Waals surface area contributed by atoms with E-state index in [9.17, 15) is 9.59 Å². The molecular weight excluding hydrogens is 298 g/mol. The van der Waals surface area contributed by atoms with Crippen LogP contribution in [0.5, 0.6) is 5.75 Å². The Hall–Kier alpha value is -2.24. The first-order chi connectivity index (χ1) is 10.8. The molecule has 0 aliphatic heterocycles. The standard InChI is InChI=1S/C17H25NO5/c1-6-11-22-13-9-7-12(8-10-13)14(15(19)21-5)18-16(20)23-17(2,3)4/h7-10,14H,6,11H2,1-5H3,(H,18,20). The summed E-state index contributed by atoms with van der Waals surface area (Å²) < 4.78 is 15.4. The minimum Gasteiger partial charge on any atom is -0.494 e. The van der Waals surface area contributed by atoms with Gasteiger partial charge < -0.3 is 19.5 Å². The summed E-state index contributed by atoms with van der Waals surface area (Å²) in [5.41, 5.74) is -0.0608. The molecule has 1 amide bonds. The summed E-state index contributed by atoms with van der Waals surface area (Å²) in [6.45, 7) is 7.89. The van der Waals surface area contributed by atoms with Gasteiger partial charge in [0.05, 0.1) is 13.7 Å². The van der Waals surface area contributed by atoms with Gasteiger partial charge in [0.2, 0.25) is 0 Å². The zero-order valence-electron chi connectivity index (χ0n) is 14.3. The average molecular weight is 323 g/mol. The highest BCUT2D eigenvalue weighted by atomic mass is 16.6. The first-order valence-corrected chi connectivity index (χ1v) is 7.57. The maximum atomic E-state index is 11.9. The molecule has 0 saturated heterocycles. The van der Waals surface area contributed by atoms with Gasteiger partial charge in [-0.25, -0.2) is 9.59 Å². The number of esters is 1. The molecule has 23 heavy (non-hydrogen) atoms. The Bertz CT molecular complexity index is 519. The van der Waals surface area contributed by atoms with Gasteiger partial charge in [-0.05, 0) is 44.9 Å². The third kappa shape index (κ3) is 6.59. The minimum absolute atomic E-state index is 0.571. The van der Waals surface area contributed by atoms with Crippen LogP contribution in [0.4, 0.5) is 4.79 Å². The Labute approximate surface area is 137 Å². The van der Waals surface area contributed by atoms with Crippen LogP contribution in [0, 0.1) is 0 Å². The second-order valence-corrected chi connectivity index (χ2v) is 6.02. The lowest BCUT2D eigenvalue weighted by Crippen LogP contribution is -2.38. The lowest BCUT2D eigenvalue weighted by molar-refractivity contribution is -0.143. The molecule has 1 unspecified atom stereocenters. The number of hydrogen-bond donors (Lipinski definition) is 1. The van der Waals surface area contributed by atoms with Gasteiger partial charge in [-0.2, -0.15) is 0 Å². The van der Waals surface area contributed by atoms with Crippen LogP contribution < -0.4 is 10.1 Å². The highest BCUT2D eigenvalue weighted by Crippen LogP contribution is 2.20. The van der Waals surface area contributed by atoms with Crippen LogP contribution in [0.3, 0.4) is 0 Å². The second kappa shape index (κ2) is 8.41. The zero-order chi connectivity index (χ0) is 17.5. The van der Waals surface area contributed by atoms with E-state index in [1.165, 1.54) is 7.11 Å². The fourth-order valence-corrected chi connectivity index (χ4v) is 1.80. The minimum atomic E-state index is -0.935. The van der Waals surface area contributed by atoms with E-state index in [0.717, 1.165) is 6.42 Å². The SMILES string of the molecule is CCCOc1ccc(C(NC(=O)OC(C)(C)C)C(=O)OC)cc1. The number of methoxy groups -OCH3 is 1. The molecule has 0 heterocycles. The van der Waals surface area contributed by atoms with E-state index in [4.69, 9.17) is 14.2 Å². The molecule has 1 aromatic carbocycles. The molecule has 0 aliphatic rings. The number of carbonyl (C=O) groups excluding carboxylic acids is 2. The summed E-state index contributed by atoms with van der Waals surface area (Å²) in [6, 6.07) is 5.98. The Morgan fingerprint density at radius 1 is 1.17 bits per heavy atom. The number of carbonyl (C=O) groups is 2. The molecule has 6 nitrogen and oxygen atoms in total. The topological polar surface area (TPSA) is 73.9 Å². The fourth-order valence-electron chi connectivity index (χ4n) is 1.80. The molecule has 0 fully saturated rings. The van der Waals surface area contributed by atoms with Crippen LogP contribution in [0.2, 0.25) is 0 Å². The summed E-state index contributed by atoms with van der Waals surface area (Å²) in [5.74, 6) is 0.134. The predicted molar refractivity (Wildman–Crippen MR) is 86.4 cm³/mol. The highest BCUT2D eigenvalue weighted by Gasteiger charge is 2.26. The largest absolute Gasteiger partial charge is 0.494 e. The molecule has 0 radical (unpaired) electrons. The van der Waals surface area contributed by atoms with Gasteiger partial charge >= 0.3 is 12.1 Å². The molecule has 0 aromatic heterocycles. The number of nitrogens with one attached hydrogen (secondary N) is 1. The molecule has 0 aliphatic carbocycles. The summed E-state index contributed by atoms with van der Waals surface area (Å²) in [7, 11) is 1.27. The summed E-state index contributed by atoms with van der Waals surface area (Å²) in [5, 5.41) is 2.53. The monoisotopic (exact) mass is 323 g/mol. The van der Waals surface area contributed by atoms with Gasteiger partial charge in [-0.1, -0.05) is 19.1 Å². The molecule has 0 spiro atoms. The fraction of sp³-hybridized carbons (Fsp3) is 0.529. The van der Waals surface area contributed by atoms with E-state index in [-0.39, 0.29) is 0 Å². The van der Waals surface area contributed by atoms with Crippen molar-refractivity contribution in [3.8, 4) is 5.75 Å². The number of ether oxygens (including phenoxy) is 3. The molecule has 1 rings (SSSR count). The first-order valence-electron chi connectivity index (χ1n) is 7.57. The maximum Gasteiger partial charge on any atom is 0.408 e. The normalized spacial score (nSPS) is 12.2. The zero-order valence-corrected chi connectivity index (χ0v) is 14.3. The summed E-state index contributed by atoms with van der Waals surface area (Å²) >= 11 is 0. The van der Waals surface area contributed by atoms with Crippen molar-refractivity contribution in [1.82, 2.24) is 5.32 Å². The van der Waals surface area contributed by atoms with Gasteiger partial charge in [0, 0.05) is 0 Å². The third-order valence-corrected chi connectivity index (χ3v) is 2.78. The van der Waals surface area contributed by atoms with Crippen molar-refractivity contribution in [3.63, 3.8) is 0 Å². The van der Waals surface area contributed by atoms with Crippen LogP contribution in [-0.2, 0) is 14.3 Å². The molecule has 1 atom stereocenters. The lowest BCUT2D eigenvalue weighted by Gasteiger charge is -2.22. The number of rotatable bonds is 6. The van der Waals surface area contributed by atoms with Crippen molar-refractivity contribution >= 4 is 12.1 Å². The molecule has 1 aromatic rings. The van der Waals surface area contributed by atoms with Crippen molar-refractivity contribution in [2.24, 2.45) is 0 Å². The van der Waals surface area contributed by atoms with Crippen molar-refractivity contribution in [2.45, 2.75) is 45.8 Å². The van der Waals surface area contributed by atoms with Crippen molar-refractivity contribution in [1.29, 1.82) is 0 Å². The van der Waals surface area contributed by atoms with Crippen LogP contribution in [-0.4, -0.2) is 31.4 Å². The smallest absolute Gasteiger partial charge is 0.408 e. The van der Waals surface area contributed by atoms with E-state index in [2.05, 4.69) is 5.32 Å². The Kier molecular flexibility index (Phi) is 6.88. The first kappa shape index (κ1) is 18.8. The van der Waals surface area contributed by atoms with Gasteiger partial charge in [0.25, 0.3) is 0 Å². The maximum absolute atomic E-state index is 11.9. The molecule has 0 saturated carbocycles. The summed E-state index contributed by atoms with van der Waals surface area (Å²) in [4.78, 5) is 23.9. The molecule has 6 heteroatoms. The second-order valence-electron chi connectivity index (χ2n) is 6.02.